The predicted octanol–water partition coefficient (Wildman–Crippen LogP) is 3.05. The van der Waals surface area contributed by atoms with E-state index < -0.39 is 5.97 Å². The van der Waals surface area contributed by atoms with Gasteiger partial charge in [-0.1, -0.05) is 18.2 Å². The molecular formula is C21H25NO6. The van der Waals surface area contributed by atoms with Crippen LogP contribution in [0.2, 0.25) is 0 Å². The Labute approximate surface area is 163 Å². The van der Waals surface area contributed by atoms with Crippen molar-refractivity contribution in [2.45, 2.75) is 38.9 Å². The second-order valence-electron chi connectivity index (χ2n) is 6.90. The Kier molecular flexibility index (Phi) is 6.36. The van der Waals surface area contributed by atoms with Crippen molar-refractivity contribution in [1.29, 1.82) is 0 Å². The van der Waals surface area contributed by atoms with Crippen molar-refractivity contribution >= 4 is 11.9 Å². The molecule has 0 unspecified atom stereocenters. The van der Waals surface area contributed by atoms with Gasteiger partial charge in [-0.05, 0) is 25.8 Å². The van der Waals surface area contributed by atoms with Crippen LogP contribution in [0.5, 0.6) is 5.75 Å². The van der Waals surface area contributed by atoms with E-state index in [-0.39, 0.29) is 24.2 Å². The molecule has 28 heavy (non-hydrogen) atoms. The lowest BCUT2D eigenvalue weighted by Crippen LogP contribution is -2.41. The van der Waals surface area contributed by atoms with E-state index in [4.69, 9.17) is 19.0 Å². The first-order valence-corrected chi connectivity index (χ1v) is 9.31. The number of likely N-dealkylation sites (tertiary alicyclic amines) is 1. The van der Waals surface area contributed by atoms with E-state index in [1.807, 2.05) is 24.3 Å². The number of carboxylic acid groups (broad SMARTS) is 1. The average molecular weight is 387 g/mol. The molecule has 0 bridgehead atoms. The van der Waals surface area contributed by atoms with Crippen molar-refractivity contribution in [3.05, 3.63) is 53.0 Å². The Morgan fingerprint density at radius 3 is 2.64 bits per heavy atom. The smallest absolute Gasteiger partial charge is 0.311 e. The number of hydrogen-bond acceptors (Lipinski definition) is 5. The van der Waals surface area contributed by atoms with Gasteiger partial charge < -0.3 is 23.9 Å². The lowest BCUT2D eigenvalue weighted by atomic mass is 10.0. The Balaban J connectivity index is 1.56. The quantitative estimate of drug-likeness (QED) is 0.785. The van der Waals surface area contributed by atoms with E-state index in [0.717, 1.165) is 24.2 Å². The van der Waals surface area contributed by atoms with Gasteiger partial charge in [0.2, 0.25) is 0 Å². The number of aliphatic carboxylic acids is 1. The molecule has 0 saturated carbocycles. The predicted molar refractivity (Wildman–Crippen MR) is 101 cm³/mol. The van der Waals surface area contributed by atoms with Gasteiger partial charge in [-0.2, -0.15) is 0 Å². The molecule has 1 aromatic carbocycles. The molecule has 0 aliphatic carbocycles. The van der Waals surface area contributed by atoms with Gasteiger partial charge in [-0.3, -0.25) is 9.59 Å². The molecule has 3 rings (SSSR count). The topological polar surface area (TPSA) is 89.2 Å². The van der Waals surface area contributed by atoms with Crippen LogP contribution in [-0.2, 0) is 22.6 Å². The Morgan fingerprint density at radius 2 is 1.96 bits per heavy atom. The number of piperidine rings is 1. The van der Waals surface area contributed by atoms with E-state index >= 15 is 0 Å². The molecule has 1 aliphatic rings. The minimum atomic E-state index is -1.02. The summed E-state index contributed by atoms with van der Waals surface area (Å²) in [5.41, 5.74) is 2.03. The number of rotatable bonds is 7. The lowest BCUT2D eigenvalue weighted by molar-refractivity contribution is -0.136. The van der Waals surface area contributed by atoms with Crippen LogP contribution in [0, 0.1) is 6.92 Å². The first-order valence-electron chi connectivity index (χ1n) is 9.31. The fourth-order valence-corrected chi connectivity index (χ4v) is 3.47. The van der Waals surface area contributed by atoms with Crippen molar-refractivity contribution < 1.29 is 28.6 Å². The molecule has 1 aromatic heterocycles. The first kappa shape index (κ1) is 19.9. The number of carbonyl (C=O) groups excluding carboxylic acids is 1. The summed E-state index contributed by atoms with van der Waals surface area (Å²) in [4.78, 5) is 25.6. The molecule has 1 N–H and O–H groups in total. The molecule has 0 atom stereocenters. The number of para-hydroxylation sites is 1. The first-order chi connectivity index (χ1) is 13.5. The van der Waals surface area contributed by atoms with Crippen molar-refractivity contribution in [2.75, 3.05) is 20.2 Å². The number of methoxy groups -OCH3 is 1. The summed E-state index contributed by atoms with van der Waals surface area (Å²) in [5.74, 6) is -0.182. The van der Waals surface area contributed by atoms with Crippen molar-refractivity contribution in [3.8, 4) is 5.75 Å². The second kappa shape index (κ2) is 8.93. The zero-order valence-electron chi connectivity index (χ0n) is 16.1. The normalized spacial score (nSPS) is 14.9. The van der Waals surface area contributed by atoms with Crippen molar-refractivity contribution in [1.82, 2.24) is 4.90 Å². The standard InChI is InChI=1S/C21H25NO6/c1-14-12-28-18(11-19(23)24)20(14)21(25)22-9-7-16(8-10-22)27-13-15-5-3-4-6-17(15)26-2/h3-6,12,16H,7-11,13H2,1-2H3,(H,23,24). The number of amides is 1. The lowest BCUT2D eigenvalue weighted by Gasteiger charge is -2.32. The maximum Gasteiger partial charge on any atom is 0.311 e. The van der Waals surface area contributed by atoms with E-state index in [0.29, 0.717) is 30.8 Å². The molecule has 0 radical (unpaired) electrons. The van der Waals surface area contributed by atoms with Gasteiger partial charge in [0, 0.05) is 24.2 Å². The maximum atomic E-state index is 12.9. The van der Waals surface area contributed by atoms with Gasteiger partial charge in [0.25, 0.3) is 5.91 Å². The fourth-order valence-electron chi connectivity index (χ4n) is 3.47. The molecule has 2 aromatic rings. The molecule has 7 nitrogen and oxygen atoms in total. The Morgan fingerprint density at radius 1 is 1.25 bits per heavy atom. The average Bonchev–Trinajstić information content (AvgIpc) is 3.05. The van der Waals surface area contributed by atoms with Gasteiger partial charge in [-0.15, -0.1) is 0 Å². The molecule has 7 heteroatoms. The summed E-state index contributed by atoms with van der Waals surface area (Å²) in [6, 6.07) is 7.75. The second-order valence-corrected chi connectivity index (χ2v) is 6.90. The number of hydrogen-bond donors (Lipinski definition) is 1. The van der Waals surface area contributed by atoms with Crippen LogP contribution in [0.4, 0.5) is 0 Å². The maximum absolute atomic E-state index is 12.9. The third-order valence-corrected chi connectivity index (χ3v) is 4.97. The third kappa shape index (κ3) is 4.54. The van der Waals surface area contributed by atoms with Gasteiger partial charge in [0.1, 0.15) is 17.9 Å². The highest BCUT2D eigenvalue weighted by molar-refractivity contribution is 5.97. The van der Waals surface area contributed by atoms with Crippen LogP contribution in [0.3, 0.4) is 0 Å². The minimum Gasteiger partial charge on any atom is -0.496 e. The van der Waals surface area contributed by atoms with E-state index in [1.165, 1.54) is 6.26 Å². The number of nitrogens with zero attached hydrogens (tertiary/aromatic N) is 1. The third-order valence-electron chi connectivity index (χ3n) is 4.97. The molecule has 150 valence electrons. The number of ether oxygens (including phenoxy) is 2. The largest absolute Gasteiger partial charge is 0.496 e. The number of furan rings is 1. The highest BCUT2D eigenvalue weighted by Crippen LogP contribution is 2.24. The summed E-state index contributed by atoms with van der Waals surface area (Å²) in [6.07, 6.45) is 2.66. The number of aryl methyl sites for hydroxylation is 1. The van der Waals surface area contributed by atoms with Crippen molar-refractivity contribution in [2.24, 2.45) is 0 Å². The molecule has 0 spiro atoms. The number of carbonyl (C=O) groups is 2. The van der Waals surface area contributed by atoms with E-state index in [9.17, 15) is 9.59 Å². The zero-order chi connectivity index (χ0) is 20.1. The van der Waals surface area contributed by atoms with Crippen LogP contribution in [-0.4, -0.2) is 48.2 Å². The summed E-state index contributed by atoms with van der Waals surface area (Å²) < 4.78 is 16.6. The molecule has 1 saturated heterocycles. The van der Waals surface area contributed by atoms with Crippen molar-refractivity contribution in [3.63, 3.8) is 0 Å². The summed E-state index contributed by atoms with van der Waals surface area (Å²) in [7, 11) is 1.64. The van der Waals surface area contributed by atoms with E-state index in [1.54, 1.807) is 18.9 Å². The molecule has 1 amide bonds. The number of carboxylic acids is 1. The van der Waals surface area contributed by atoms with Crippen LogP contribution < -0.4 is 4.74 Å². The Bertz CT molecular complexity index is 835. The van der Waals surface area contributed by atoms with Gasteiger partial charge in [0.15, 0.2) is 0 Å². The summed E-state index contributed by atoms with van der Waals surface area (Å²) in [5, 5.41) is 9.01. The summed E-state index contributed by atoms with van der Waals surface area (Å²) >= 11 is 0. The fraction of sp³-hybridized carbons (Fsp3) is 0.429. The number of benzene rings is 1. The van der Waals surface area contributed by atoms with Crippen LogP contribution in [0.25, 0.3) is 0 Å². The Hall–Kier alpha value is -2.80. The minimum absolute atomic E-state index is 0.0675. The van der Waals surface area contributed by atoms with E-state index in [2.05, 4.69) is 0 Å². The molecule has 1 fully saturated rings. The van der Waals surface area contributed by atoms with Gasteiger partial charge in [-0.25, -0.2) is 0 Å². The summed E-state index contributed by atoms with van der Waals surface area (Å²) in [6.45, 7) is 3.34. The van der Waals surface area contributed by atoms with Crippen LogP contribution in [0.15, 0.2) is 34.9 Å². The van der Waals surface area contributed by atoms with Crippen LogP contribution in [0.1, 0.15) is 40.1 Å². The zero-order valence-corrected chi connectivity index (χ0v) is 16.1. The SMILES string of the molecule is COc1ccccc1COC1CCN(C(=O)c2c(C)coc2CC(=O)O)CC1. The highest BCUT2D eigenvalue weighted by Gasteiger charge is 2.28. The van der Waals surface area contributed by atoms with Gasteiger partial charge >= 0.3 is 5.97 Å². The molecule has 2 heterocycles. The van der Waals surface area contributed by atoms with Gasteiger partial charge in [0.05, 0.1) is 31.6 Å². The highest BCUT2D eigenvalue weighted by atomic mass is 16.5. The monoisotopic (exact) mass is 387 g/mol. The van der Waals surface area contributed by atoms with Crippen LogP contribution >= 0.6 is 0 Å². The molecule has 1 aliphatic heterocycles. The molecular weight excluding hydrogens is 362 g/mol.